The molecule has 1 aromatic carbocycles. The fourth-order valence-electron chi connectivity index (χ4n) is 1.34. The summed E-state index contributed by atoms with van der Waals surface area (Å²) in [6.07, 6.45) is 1.10. The van der Waals surface area contributed by atoms with Crippen molar-refractivity contribution in [3.63, 3.8) is 0 Å². The van der Waals surface area contributed by atoms with E-state index >= 15 is 0 Å². The Morgan fingerprint density at radius 2 is 2.12 bits per heavy atom. The Kier molecular flexibility index (Phi) is 5.92. The molecular weight excluding hydrogens is 285 g/mol. The number of nitrogens with one attached hydrogen (secondary N) is 1. The third kappa shape index (κ3) is 5.04. The van der Waals surface area contributed by atoms with E-state index in [2.05, 4.69) is 35.1 Å². The van der Waals surface area contributed by atoms with Gasteiger partial charge in [0.15, 0.2) is 0 Å². The van der Waals surface area contributed by atoms with Gasteiger partial charge in [0.05, 0.1) is 4.47 Å². The summed E-state index contributed by atoms with van der Waals surface area (Å²) >= 11 is 3.11. The molecule has 2 atom stereocenters. The summed E-state index contributed by atoms with van der Waals surface area (Å²) in [4.78, 5) is 0. The zero-order chi connectivity index (χ0) is 12.8. The van der Waals surface area contributed by atoms with Gasteiger partial charge in [-0.3, -0.25) is 0 Å². The average molecular weight is 304 g/mol. The van der Waals surface area contributed by atoms with E-state index in [4.69, 9.17) is 4.74 Å². The standard InChI is InChI=1S/C13H19BrFNO/c1-4-9(2)16-8-10(3)17-11-5-6-12(14)13(15)7-11/h5-7,9-10,16H,4,8H2,1-3H3. The van der Waals surface area contributed by atoms with Crippen molar-refractivity contribution in [2.75, 3.05) is 6.54 Å². The summed E-state index contributed by atoms with van der Waals surface area (Å²) in [5.41, 5.74) is 0. The van der Waals surface area contributed by atoms with Crippen LogP contribution in [0.2, 0.25) is 0 Å². The number of benzene rings is 1. The summed E-state index contributed by atoms with van der Waals surface area (Å²) in [5, 5.41) is 3.35. The Morgan fingerprint density at radius 3 is 2.71 bits per heavy atom. The Bertz CT molecular complexity index is 359. The molecule has 0 aliphatic heterocycles. The summed E-state index contributed by atoms with van der Waals surface area (Å²) < 4.78 is 19.3. The van der Waals surface area contributed by atoms with Gasteiger partial charge in [-0.25, -0.2) is 4.39 Å². The molecular formula is C13H19BrFNO. The van der Waals surface area contributed by atoms with E-state index < -0.39 is 0 Å². The van der Waals surface area contributed by atoms with Crippen LogP contribution in [0.5, 0.6) is 5.75 Å². The number of hydrogen-bond acceptors (Lipinski definition) is 2. The Balaban J connectivity index is 2.44. The molecule has 1 aromatic rings. The van der Waals surface area contributed by atoms with E-state index in [1.54, 1.807) is 12.1 Å². The lowest BCUT2D eigenvalue weighted by Gasteiger charge is -2.18. The van der Waals surface area contributed by atoms with Gasteiger partial charge in [0.1, 0.15) is 17.7 Å². The van der Waals surface area contributed by atoms with Gasteiger partial charge in [0, 0.05) is 18.7 Å². The van der Waals surface area contributed by atoms with Crippen LogP contribution in [-0.4, -0.2) is 18.7 Å². The number of rotatable bonds is 6. The summed E-state index contributed by atoms with van der Waals surface area (Å²) in [6.45, 7) is 6.99. The van der Waals surface area contributed by atoms with Gasteiger partial charge in [-0.1, -0.05) is 6.92 Å². The van der Waals surface area contributed by atoms with Gasteiger partial charge in [0.2, 0.25) is 0 Å². The van der Waals surface area contributed by atoms with E-state index in [-0.39, 0.29) is 11.9 Å². The highest BCUT2D eigenvalue weighted by Crippen LogP contribution is 2.21. The minimum absolute atomic E-state index is 0.0181. The second-order valence-corrected chi connectivity index (χ2v) is 5.08. The molecule has 0 amide bonds. The van der Waals surface area contributed by atoms with E-state index in [1.807, 2.05) is 6.92 Å². The highest BCUT2D eigenvalue weighted by Gasteiger charge is 2.07. The second kappa shape index (κ2) is 6.97. The minimum Gasteiger partial charge on any atom is -0.489 e. The Labute approximate surface area is 111 Å². The van der Waals surface area contributed by atoms with Gasteiger partial charge in [-0.2, -0.15) is 0 Å². The average Bonchev–Trinajstić information content (AvgIpc) is 2.31. The highest BCUT2D eigenvalue weighted by molar-refractivity contribution is 9.10. The fourth-order valence-corrected chi connectivity index (χ4v) is 1.58. The van der Waals surface area contributed by atoms with Crippen LogP contribution >= 0.6 is 15.9 Å². The fraction of sp³-hybridized carbons (Fsp3) is 0.538. The SMILES string of the molecule is CCC(C)NCC(C)Oc1ccc(Br)c(F)c1. The Morgan fingerprint density at radius 1 is 1.41 bits per heavy atom. The molecule has 0 bridgehead atoms. The van der Waals surface area contributed by atoms with Crippen LogP contribution in [0, 0.1) is 5.82 Å². The quantitative estimate of drug-likeness (QED) is 0.864. The monoisotopic (exact) mass is 303 g/mol. The molecule has 0 spiro atoms. The third-order valence-corrected chi connectivity index (χ3v) is 3.24. The first-order valence-corrected chi connectivity index (χ1v) is 6.67. The molecule has 0 saturated heterocycles. The van der Waals surface area contributed by atoms with E-state index in [1.165, 1.54) is 6.07 Å². The molecule has 2 nitrogen and oxygen atoms in total. The summed E-state index contributed by atoms with van der Waals surface area (Å²) in [6, 6.07) is 5.28. The van der Waals surface area contributed by atoms with Crippen LogP contribution in [0.3, 0.4) is 0 Å². The number of ether oxygens (including phenoxy) is 1. The van der Waals surface area contributed by atoms with Gasteiger partial charge in [-0.15, -0.1) is 0 Å². The molecule has 0 saturated carbocycles. The number of halogens is 2. The molecule has 0 heterocycles. The van der Waals surface area contributed by atoms with E-state index in [9.17, 15) is 4.39 Å². The van der Waals surface area contributed by atoms with Crippen molar-refractivity contribution in [3.8, 4) is 5.75 Å². The molecule has 2 unspecified atom stereocenters. The van der Waals surface area contributed by atoms with E-state index in [0.717, 1.165) is 13.0 Å². The van der Waals surface area contributed by atoms with Crippen molar-refractivity contribution < 1.29 is 9.13 Å². The van der Waals surface area contributed by atoms with Crippen LogP contribution in [0.25, 0.3) is 0 Å². The lowest BCUT2D eigenvalue weighted by atomic mass is 10.2. The predicted molar refractivity (Wildman–Crippen MR) is 71.9 cm³/mol. The van der Waals surface area contributed by atoms with Crippen LogP contribution in [0.15, 0.2) is 22.7 Å². The molecule has 0 aliphatic rings. The lowest BCUT2D eigenvalue weighted by molar-refractivity contribution is 0.211. The normalized spacial score (nSPS) is 14.4. The maximum absolute atomic E-state index is 13.3. The predicted octanol–water partition coefficient (Wildman–Crippen LogP) is 3.74. The van der Waals surface area contributed by atoms with Crippen LogP contribution in [0.1, 0.15) is 27.2 Å². The minimum atomic E-state index is -0.301. The smallest absolute Gasteiger partial charge is 0.141 e. The van der Waals surface area contributed by atoms with Gasteiger partial charge in [0.25, 0.3) is 0 Å². The Hall–Kier alpha value is -0.610. The zero-order valence-electron chi connectivity index (χ0n) is 10.5. The second-order valence-electron chi connectivity index (χ2n) is 4.22. The van der Waals surface area contributed by atoms with Crippen LogP contribution in [-0.2, 0) is 0 Å². The topological polar surface area (TPSA) is 21.3 Å². The molecule has 0 fully saturated rings. The molecule has 0 radical (unpaired) electrons. The maximum Gasteiger partial charge on any atom is 0.141 e. The third-order valence-electron chi connectivity index (χ3n) is 2.59. The molecule has 1 N–H and O–H groups in total. The van der Waals surface area contributed by atoms with Crippen LogP contribution < -0.4 is 10.1 Å². The van der Waals surface area contributed by atoms with Gasteiger partial charge >= 0.3 is 0 Å². The largest absolute Gasteiger partial charge is 0.489 e. The molecule has 1 rings (SSSR count). The zero-order valence-corrected chi connectivity index (χ0v) is 12.1. The van der Waals surface area contributed by atoms with E-state index in [0.29, 0.717) is 16.3 Å². The lowest BCUT2D eigenvalue weighted by Crippen LogP contribution is -2.34. The molecule has 0 aromatic heterocycles. The van der Waals surface area contributed by atoms with Gasteiger partial charge in [-0.05, 0) is 48.3 Å². The molecule has 4 heteroatoms. The maximum atomic E-state index is 13.3. The summed E-state index contributed by atoms with van der Waals surface area (Å²) in [7, 11) is 0. The van der Waals surface area contributed by atoms with Crippen molar-refractivity contribution in [3.05, 3.63) is 28.5 Å². The first-order chi connectivity index (χ1) is 8.02. The first kappa shape index (κ1) is 14.5. The van der Waals surface area contributed by atoms with Crippen molar-refractivity contribution in [2.45, 2.75) is 39.3 Å². The summed E-state index contributed by atoms with van der Waals surface area (Å²) in [5.74, 6) is 0.258. The van der Waals surface area contributed by atoms with Crippen molar-refractivity contribution >= 4 is 15.9 Å². The molecule has 0 aliphatic carbocycles. The number of hydrogen-bond donors (Lipinski definition) is 1. The van der Waals surface area contributed by atoms with Gasteiger partial charge < -0.3 is 10.1 Å². The first-order valence-electron chi connectivity index (χ1n) is 5.88. The molecule has 17 heavy (non-hydrogen) atoms. The molecule has 96 valence electrons. The van der Waals surface area contributed by atoms with Crippen molar-refractivity contribution in [2.24, 2.45) is 0 Å². The van der Waals surface area contributed by atoms with Crippen molar-refractivity contribution in [1.29, 1.82) is 0 Å². The highest BCUT2D eigenvalue weighted by atomic mass is 79.9. The van der Waals surface area contributed by atoms with Crippen molar-refractivity contribution in [1.82, 2.24) is 5.32 Å². The van der Waals surface area contributed by atoms with Crippen LogP contribution in [0.4, 0.5) is 4.39 Å².